The summed E-state index contributed by atoms with van der Waals surface area (Å²) in [5.74, 6) is -0.957. The fraction of sp³-hybridized carbons (Fsp3) is 0.133. The molecule has 0 aliphatic rings. The summed E-state index contributed by atoms with van der Waals surface area (Å²) in [4.78, 5) is 10.9. The molecule has 2 aromatic carbocycles. The van der Waals surface area contributed by atoms with Crippen molar-refractivity contribution in [1.82, 2.24) is 0 Å². The zero-order valence-electron chi connectivity index (χ0n) is 11.2. The lowest BCUT2D eigenvalue weighted by Gasteiger charge is -2.12. The van der Waals surface area contributed by atoms with Gasteiger partial charge in [-0.05, 0) is 40.2 Å². The van der Waals surface area contributed by atoms with Gasteiger partial charge < -0.3 is 15.2 Å². The number of carboxylic acid groups (broad SMARTS) is 1. The minimum atomic E-state index is -0.985. The van der Waals surface area contributed by atoms with Crippen molar-refractivity contribution in [2.24, 2.45) is 0 Å². The lowest BCUT2D eigenvalue weighted by atomic mass is 10.1. The number of methoxy groups -OCH3 is 1. The molecule has 0 saturated heterocycles. The molecule has 0 aliphatic heterocycles. The fourth-order valence-electron chi connectivity index (χ4n) is 1.86. The van der Waals surface area contributed by atoms with E-state index in [0.29, 0.717) is 22.5 Å². The van der Waals surface area contributed by atoms with E-state index in [4.69, 9.17) is 9.84 Å². The zero-order chi connectivity index (χ0) is 15.4. The second kappa shape index (κ2) is 6.58. The van der Waals surface area contributed by atoms with E-state index in [1.165, 1.54) is 25.3 Å². The Morgan fingerprint density at radius 1 is 1.38 bits per heavy atom. The van der Waals surface area contributed by atoms with Crippen LogP contribution in [0.3, 0.4) is 0 Å². The van der Waals surface area contributed by atoms with E-state index >= 15 is 0 Å². The molecule has 0 atom stereocenters. The van der Waals surface area contributed by atoms with E-state index in [1.807, 2.05) is 0 Å². The maximum atomic E-state index is 13.4. The number of rotatable bonds is 5. The van der Waals surface area contributed by atoms with E-state index in [1.54, 1.807) is 18.2 Å². The number of benzene rings is 2. The third-order valence-electron chi connectivity index (χ3n) is 2.92. The molecule has 4 nitrogen and oxygen atoms in total. The Kier molecular flexibility index (Phi) is 4.80. The van der Waals surface area contributed by atoms with Crippen LogP contribution >= 0.6 is 15.9 Å². The highest BCUT2D eigenvalue weighted by molar-refractivity contribution is 9.10. The second-order valence-corrected chi connectivity index (χ2v) is 5.17. The molecule has 0 aromatic heterocycles. The number of hydrogen-bond acceptors (Lipinski definition) is 3. The van der Waals surface area contributed by atoms with Crippen LogP contribution in [0.1, 0.15) is 15.9 Å². The summed E-state index contributed by atoms with van der Waals surface area (Å²) in [6.07, 6.45) is 0. The van der Waals surface area contributed by atoms with E-state index in [2.05, 4.69) is 21.2 Å². The molecule has 2 rings (SSSR count). The van der Waals surface area contributed by atoms with Gasteiger partial charge in [0, 0.05) is 23.9 Å². The molecule has 0 radical (unpaired) electrons. The van der Waals surface area contributed by atoms with Gasteiger partial charge in [0.25, 0.3) is 0 Å². The van der Waals surface area contributed by atoms with Crippen molar-refractivity contribution in [2.75, 3.05) is 12.4 Å². The average molecular weight is 354 g/mol. The molecular formula is C15H13BrFNO3. The van der Waals surface area contributed by atoms with Gasteiger partial charge >= 0.3 is 5.97 Å². The van der Waals surface area contributed by atoms with Crippen molar-refractivity contribution >= 4 is 27.6 Å². The maximum absolute atomic E-state index is 13.4. The van der Waals surface area contributed by atoms with Crippen LogP contribution in [0.5, 0.6) is 5.75 Å². The summed E-state index contributed by atoms with van der Waals surface area (Å²) in [5, 5.41) is 12.0. The first-order valence-corrected chi connectivity index (χ1v) is 6.89. The molecule has 0 bridgehead atoms. The summed E-state index contributed by atoms with van der Waals surface area (Å²) in [5.41, 5.74) is 1.62. The largest absolute Gasteiger partial charge is 0.496 e. The van der Waals surface area contributed by atoms with Gasteiger partial charge in [0.15, 0.2) is 0 Å². The van der Waals surface area contributed by atoms with Gasteiger partial charge in [0.2, 0.25) is 0 Å². The number of carbonyl (C=O) groups is 1. The van der Waals surface area contributed by atoms with Gasteiger partial charge in [-0.15, -0.1) is 0 Å². The van der Waals surface area contributed by atoms with Crippen molar-refractivity contribution in [3.63, 3.8) is 0 Å². The Morgan fingerprint density at radius 3 is 2.81 bits per heavy atom. The van der Waals surface area contributed by atoms with Gasteiger partial charge in [0.05, 0.1) is 17.1 Å². The van der Waals surface area contributed by atoms with E-state index in [0.717, 1.165) is 5.56 Å². The Labute approximate surface area is 129 Å². The maximum Gasteiger partial charge on any atom is 0.335 e. The Balaban J connectivity index is 2.18. The minimum Gasteiger partial charge on any atom is -0.496 e. The highest BCUT2D eigenvalue weighted by Gasteiger charge is 2.09. The number of nitrogens with one attached hydrogen (secondary N) is 1. The third-order valence-corrected chi connectivity index (χ3v) is 3.52. The predicted molar refractivity (Wildman–Crippen MR) is 81.4 cm³/mol. The minimum absolute atomic E-state index is 0.201. The lowest BCUT2D eigenvalue weighted by Crippen LogP contribution is -2.04. The Morgan fingerprint density at radius 2 is 2.14 bits per heavy atom. The lowest BCUT2D eigenvalue weighted by molar-refractivity contribution is 0.0697. The van der Waals surface area contributed by atoms with Crippen LogP contribution in [0, 0.1) is 5.82 Å². The highest BCUT2D eigenvalue weighted by Crippen LogP contribution is 2.27. The quantitative estimate of drug-likeness (QED) is 0.855. The molecule has 2 N–H and O–H groups in total. The number of aromatic carboxylic acids is 1. The molecule has 110 valence electrons. The van der Waals surface area contributed by atoms with Crippen LogP contribution in [0.15, 0.2) is 40.9 Å². The van der Waals surface area contributed by atoms with Gasteiger partial charge in [-0.2, -0.15) is 0 Å². The highest BCUT2D eigenvalue weighted by atomic mass is 79.9. The normalized spacial score (nSPS) is 10.2. The number of hydrogen-bond donors (Lipinski definition) is 2. The molecule has 2 aromatic rings. The number of anilines is 1. The standard InChI is InChI=1S/C15H13BrFNO3/c1-21-14-7-13(17)12(16)6-10(14)8-18-11-4-2-3-9(5-11)15(19)20/h2-7,18H,8H2,1H3,(H,19,20). The molecule has 21 heavy (non-hydrogen) atoms. The first-order chi connectivity index (χ1) is 10.0. The predicted octanol–water partition coefficient (Wildman–Crippen LogP) is 3.91. The molecule has 0 spiro atoms. The number of ether oxygens (including phenoxy) is 1. The Bertz CT molecular complexity index is 676. The van der Waals surface area contributed by atoms with Crippen molar-refractivity contribution in [3.05, 3.63) is 57.8 Å². The third kappa shape index (κ3) is 3.72. The van der Waals surface area contributed by atoms with Crippen LogP contribution < -0.4 is 10.1 Å². The summed E-state index contributed by atoms with van der Waals surface area (Å²) < 4.78 is 18.9. The van der Waals surface area contributed by atoms with Gasteiger partial charge in [-0.3, -0.25) is 0 Å². The zero-order valence-corrected chi connectivity index (χ0v) is 12.8. The average Bonchev–Trinajstić information content (AvgIpc) is 2.48. The van der Waals surface area contributed by atoms with Crippen molar-refractivity contribution < 1.29 is 19.0 Å². The number of carboxylic acids is 1. The van der Waals surface area contributed by atoms with Crippen LogP contribution in [0.4, 0.5) is 10.1 Å². The van der Waals surface area contributed by atoms with Gasteiger partial charge in [-0.25, -0.2) is 9.18 Å². The van der Waals surface area contributed by atoms with E-state index in [9.17, 15) is 9.18 Å². The van der Waals surface area contributed by atoms with Crippen LogP contribution in [0.2, 0.25) is 0 Å². The first-order valence-electron chi connectivity index (χ1n) is 6.10. The first kappa shape index (κ1) is 15.3. The van der Waals surface area contributed by atoms with Gasteiger partial charge in [0.1, 0.15) is 11.6 Å². The SMILES string of the molecule is COc1cc(F)c(Br)cc1CNc1cccc(C(=O)O)c1. The summed E-state index contributed by atoms with van der Waals surface area (Å²) in [7, 11) is 1.47. The van der Waals surface area contributed by atoms with Crippen LogP contribution in [-0.4, -0.2) is 18.2 Å². The molecule has 0 unspecified atom stereocenters. The smallest absolute Gasteiger partial charge is 0.335 e. The van der Waals surface area contributed by atoms with Crippen molar-refractivity contribution in [2.45, 2.75) is 6.54 Å². The summed E-state index contributed by atoms with van der Waals surface area (Å²) in [6.45, 7) is 0.380. The molecule has 0 fully saturated rings. The number of halogens is 2. The van der Waals surface area contributed by atoms with E-state index < -0.39 is 11.8 Å². The monoisotopic (exact) mass is 353 g/mol. The second-order valence-electron chi connectivity index (χ2n) is 4.32. The fourth-order valence-corrected chi connectivity index (χ4v) is 2.25. The topological polar surface area (TPSA) is 58.6 Å². The van der Waals surface area contributed by atoms with E-state index in [-0.39, 0.29) is 5.56 Å². The molecule has 0 amide bonds. The summed E-state index contributed by atoms with van der Waals surface area (Å²) >= 11 is 3.13. The summed E-state index contributed by atoms with van der Waals surface area (Å²) in [6, 6.07) is 9.40. The molecule has 6 heteroatoms. The van der Waals surface area contributed by atoms with Crippen LogP contribution in [-0.2, 0) is 6.54 Å². The molecular weight excluding hydrogens is 341 g/mol. The van der Waals surface area contributed by atoms with Crippen LogP contribution in [0.25, 0.3) is 0 Å². The molecule has 0 heterocycles. The van der Waals surface area contributed by atoms with Gasteiger partial charge in [-0.1, -0.05) is 6.07 Å². The molecule has 0 saturated carbocycles. The van der Waals surface area contributed by atoms with Crippen molar-refractivity contribution in [1.29, 1.82) is 0 Å². The Hall–Kier alpha value is -2.08. The van der Waals surface area contributed by atoms with Crippen molar-refractivity contribution in [3.8, 4) is 5.75 Å². The molecule has 0 aliphatic carbocycles.